The molecule has 3 amide bonds. The monoisotopic (exact) mass is 333 g/mol. The minimum absolute atomic E-state index is 0.0464. The lowest BCUT2D eigenvalue weighted by molar-refractivity contribution is -0.121. The van der Waals surface area contributed by atoms with Gasteiger partial charge in [0, 0.05) is 24.7 Å². The molecule has 7 nitrogen and oxygen atoms in total. The summed E-state index contributed by atoms with van der Waals surface area (Å²) < 4.78 is 4.63. The molecule has 0 heterocycles. The molecule has 1 aromatic rings. The van der Waals surface area contributed by atoms with E-state index in [2.05, 4.69) is 20.7 Å². The van der Waals surface area contributed by atoms with Crippen molar-refractivity contribution in [2.45, 2.75) is 38.1 Å². The van der Waals surface area contributed by atoms with E-state index in [-0.39, 0.29) is 24.9 Å². The minimum Gasteiger partial charge on any atom is -0.465 e. The van der Waals surface area contributed by atoms with E-state index in [9.17, 15) is 14.4 Å². The molecule has 1 aromatic carbocycles. The number of urea groups is 1. The largest absolute Gasteiger partial charge is 0.465 e. The Labute approximate surface area is 141 Å². The average Bonchev–Trinajstić information content (AvgIpc) is 3.07. The van der Waals surface area contributed by atoms with Gasteiger partial charge in [-0.2, -0.15) is 0 Å². The maximum atomic E-state index is 11.8. The Morgan fingerprint density at radius 2 is 1.96 bits per heavy atom. The maximum absolute atomic E-state index is 11.8. The molecular weight excluding hydrogens is 310 g/mol. The highest BCUT2D eigenvalue weighted by molar-refractivity contribution is 5.94. The molecule has 1 aliphatic rings. The molecule has 7 heteroatoms. The summed E-state index contributed by atoms with van der Waals surface area (Å²) in [5, 5.41) is 8.21. The summed E-state index contributed by atoms with van der Waals surface area (Å²) in [6, 6.07) is 6.30. The first-order chi connectivity index (χ1) is 11.6. The number of benzene rings is 1. The van der Waals surface area contributed by atoms with E-state index in [1.807, 2.05) is 0 Å². The fourth-order valence-electron chi connectivity index (χ4n) is 2.68. The van der Waals surface area contributed by atoms with E-state index in [1.165, 1.54) is 13.2 Å². The van der Waals surface area contributed by atoms with Gasteiger partial charge in [0.1, 0.15) is 0 Å². The lowest BCUT2D eigenvalue weighted by atomic mass is 10.2. The van der Waals surface area contributed by atoms with Crippen LogP contribution in [0.2, 0.25) is 0 Å². The van der Waals surface area contributed by atoms with Crippen LogP contribution in [-0.2, 0) is 9.53 Å². The molecule has 0 bridgehead atoms. The van der Waals surface area contributed by atoms with Gasteiger partial charge in [0.2, 0.25) is 5.91 Å². The molecule has 24 heavy (non-hydrogen) atoms. The Hall–Kier alpha value is -2.57. The van der Waals surface area contributed by atoms with Crippen LogP contribution in [0.5, 0.6) is 0 Å². The number of rotatable bonds is 6. The molecule has 0 atom stereocenters. The Morgan fingerprint density at radius 3 is 2.67 bits per heavy atom. The molecule has 3 N–H and O–H groups in total. The van der Waals surface area contributed by atoms with Crippen molar-refractivity contribution in [1.82, 2.24) is 10.6 Å². The number of anilines is 1. The third kappa shape index (κ3) is 5.57. The van der Waals surface area contributed by atoms with Crippen LogP contribution in [0.15, 0.2) is 24.3 Å². The van der Waals surface area contributed by atoms with Gasteiger partial charge in [-0.15, -0.1) is 0 Å². The summed E-state index contributed by atoms with van der Waals surface area (Å²) in [7, 11) is 1.30. The second-order valence-electron chi connectivity index (χ2n) is 5.75. The van der Waals surface area contributed by atoms with Crippen molar-refractivity contribution in [3.63, 3.8) is 0 Å². The average molecular weight is 333 g/mol. The van der Waals surface area contributed by atoms with E-state index in [1.54, 1.807) is 18.2 Å². The van der Waals surface area contributed by atoms with Crippen molar-refractivity contribution < 1.29 is 19.1 Å². The summed E-state index contributed by atoms with van der Waals surface area (Å²) in [6.07, 6.45) is 4.64. The van der Waals surface area contributed by atoms with E-state index in [0.717, 1.165) is 25.7 Å². The van der Waals surface area contributed by atoms with Crippen LogP contribution >= 0.6 is 0 Å². The van der Waals surface area contributed by atoms with Gasteiger partial charge in [0.25, 0.3) is 0 Å². The Balaban J connectivity index is 1.71. The zero-order valence-corrected chi connectivity index (χ0v) is 13.8. The molecule has 0 aromatic heterocycles. The second kappa shape index (κ2) is 8.90. The van der Waals surface area contributed by atoms with Crippen LogP contribution in [0.4, 0.5) is 10.5 Å². The van der Waals surface area contributed by atoms with Crippen LogP contribution in [0.25, 0.3) is 0 Å². The van der Waals surface area contributed by atoms with Crippen molar-refractivity contribution in [3.05, 3.63) is 29.8 Å². The molecule has 1 fully saturated rings. The van der Waals surface area contributed by atoms with Crippen molar-refractivity contribution >= 4 is 23.6 Å². The van der Waals surface area contributed by atoms with Gasteiger partial charge in [-0.1, -0.05) is 18.9 Å². The molecule has 0 aliphatic heterocycles. The fraction of sp³-hybridized carbons (Fsp3) is 0.471. The first kappa shape index (κ1) is 17.8. The number of nitrogens with one attached hydrogen (secondary N) is 3. The van der Waals surface area contributed by atoms with Crippen molar-refractivity contribution in [3.8, 4) is 0 Å². The third-order valence-corrected chi connectivity index (χ3v) is 3.90. The quantitative estimate of drug-likeness (QED) is 0.694. The van der Waals surface area contributed by atoms with Crippen molar-refractivity contribution in [2.75, 3.05) is 19.0 Å². The third-order valence-electron chi connectivity index (χ3n) is 3.90. The standard InChI is InChI=1S/C17H23N3O4/c1-24-16(22)12-5-4-8-14(11-12)20-17(23)18-10-9-15(21)19-13-6-2-3-7-13/h4-5,8,11,13H,2-3,6-7,9-10H2,1H3,(H,19,21)(H2,18,20,23). The molecule has 1 saturated carbocycles. The molecule has 0 radical (unpaired) electrons. The second-order valence-corrected chi connectivity index (χ2v) is 5.75. The highest BCUT2D eigenvalue weighted by atomic mass is 16.5. The Kier molecular flexibility index (Phi) is 6.60. The van der Waals surface area contributed by atoms with Gasteiger partial charge in [-0.3, -0.25) is 4.79 Å². The van der Waals surface area contributed by atoms with Gasteiger partial charge < -0.3 is 20.7 Å². The van der Waals surface area contributed by atoms with E-state index in [4.69, 9.17) is 0 Å². The Morgan fingerprint density at radius 1 is 1.21 bits per heavy atom. The lowest BCUT2D eigenvalue weighted by Gasteiger charge is -2.12. The number of methoxy groups -OCH3 is 1. The zero-order chi connectivity index (χ0) is 17.4. The molecule has 0 saturated heterocycles. The van der Waals surface area contributed by atoms with E-state index >= 15 is 0 Å². The molecule has 0 unspecified atom stereocenters. The summed E-state index contributed by atoms with van der Waals surface area (Å²) in [5.41, 5.74) is 0.831. The van der Waals surface area contributed by atoms with Gasteiger partial charge in [-0.25, -0.2) is 9.59 Å². The number of esters is 1. The van der Waals surface area contributed by atoms with Gasteiger partial charge >= 0.3 is 12.0 Å². The number of carbonyl (C=O) groups is 3. The van der Waals surface area contributed by atoms with Crippen LogP contribution in [0.1, 0.15) is 42.5 Å². The van der Waals surface area contributed by atoms with Gasteiger partial charge in [-0.05, 0) is 31.0 Å². The van der Waals surface area contributed by atoms with Crippen molar-refractivity contribution in [2.24, 2.45) is 0 Å². The number of hydrogen-bond acceptors (Lipinski definition) is 4. The SMILES string of the molecule is COC(=O)c1cccc(NC(=O)NCCC(=O)NC2CCCC2)c1. The summed E-state index contributed by atoms with van der Waals surface area (Å²) in [6.45, 7) is 0.251. The Bertz CT molecular complexity index is 597. The lowest BCUT2D eigenvalue weighted by Crippen LogP contribution is -2.36. The van der Waals surface area contributed by atoms with E-state index in [0.29, 0.717) is 11.3 Å². The van der Waals surface area contributed by atoms with Gasteiger partial charge in [0.05, 0.1) is 12.7 Å². The van der Waals surface area contributed by atoms with E-state index < -0.39 is 12.0 Å². The molecule has 130 valence electrons. The first-order valence-electron chi connectivity index (χ1n) is 8.11. The zero-order valence-electron chi connectivity index (χ0n) is 13.8. The van der Waals surface area contributed by atoms with Crippen LogP contribution in [-0.4, -0.2) is 37.6 Å². The number of ether oxygens (including phenoxy) is 1. The number of amides is 3. The molecule has 2 rings (SSSR count). The number of carbonyl (C=O) groups excluding carboxylic acids is 3. The predicted molar refractivity (Wildman–Crippen MR) is 89.8 cm³/mol. The molecule has 1 aliphatic carbocycles. The number of hydrogen-bond donors (Lipinski definition) is 3. The van der Waals surface area contributed by atoms with Crippen molar-refractivity contribution in [1.29, 1.82) is 0 Å². The summed E-state index contributed by atoms with van der Waals surface area (Å²) in [5.74, 6) is -0.516. The van der Waals surface area contributed by atoms with Crippen LogP contribution in [0, 0.1) is 0 Å². The highest BCUT2D eigenvalue weighted by Crippen LogP contribution is 2.17. The van der Waals surface area contributed by atoms with Crippen LogP contribution < -0.4 is 16.0 Å². The summed E-state index contributed by atoms with van der Waals surface area (Å²) >= 11 is 0. The normalized spacial score (nSPS) is 14.0. The minimum atomic E-state index is -0.470. The van der Waals surface area contributed by atoms with Crippen LogP contribution in [0.3, 0.4) is 0 Å². The smallest absolute Gasteiger partial charge is 0.337 e. The predicted octanol–water partition coefficient (Wildman–Crippen LogP) is 2.04. The highest BCUT2D eigenvalue weighted by Gasteiger charge is 2.16. The summed E-state index contributed by atoms with van der Waals surface area (Å²) in [4.78, 5) is 35.0. The fourth-order valence-corrected chi connectivity index (χ4v) is 2.68. The molecule has 0 spiro atoms. The topological polar surface area (TPSA) is 96.5 Å². The maximum Gasteiger partial charge on any atom is 0.337 e. The first-order valence-corrected chi connectivity index (χ1v) is 8.11. The van der Waals surface area contributed by atoms with Gasteiger partial charge in [0.15, 0.2) is 0 Å². The molecular formula is C17H23N3O4.